The summed E-state index contributed by atoms with van der Waals surface area (Å²) in [5.74, 6) is 1.30. The Balaban J connectivity index is 0.00000529. The van der Waals surface area contributed by atoms with Gasteiger partial charge >= 0.3 is 0 Å². The highest BCUT2D eigenvalue weighted by Gasteiger charge is 2.06. The molecule has 1 aromatic rings. The van der Waals surface area contributed by atoms with Crippen molar-refractivity contribution in [2.45, 2.75) is 32.7 Å². The van der Waals surface area contributed by atoms with Crippen LogP contribution in [0.2, 0.25) is 0 Å². The largest absolute Gasteiger partial charge is 0.385 e. The monoisotopic (exact) mass is 469 g/mol. The number of aromatic nitrogens is 1. The lowest BCUT2D eigenvalue weighted by Gasteiger charge is -2.18. The Bertz CT molecular complexity index is 467. The van der Waals surface area contributed by atoms with Gasteiger partial charge in [-0.2, -0.15) is 0 Å². The van der Waals surface area contributed by atoms with Gasteiger partial charge < -0.3 is 20.3 Å². The average molecular weight is 469 g/mol. The summed E-state index contributed by atoms with van der Waals surface area (Å²) in [6.07, 6.45) is 1.06. The molecule has 0 aliphatic rings. The van der Waals surface area contributed by atoms with Gasteiger partial charge in [-0.1, -0.05) is 13.8 Å². The third-order valence-corrected chi connectivity index (χ3v) is 4.59. The Morgan fingerprint density at radius 3 is 2.71 bits per heavy atom. The van der Waals surface area contributed by atoms with Gasteiger partial charge in [-0.25, -0.2) is 4.98 Å². The molecule has 0 aliphatic heterocycles. The molecule has 1 aromatic heterocycles. The number of hydrogen-bond donors (Lipinski definition) is 2. The lowest BCUT2D eigenvalue weighted by atomic mass is 10.2. The van der Waals surface area contributed by atoms with Crippen LogP contribution in [0.5, 0.6) is 0 Å². The molecule has 0 saturated heterocycles. The van der Waals surface area contributed by atoms with E-state index in [0.29, 0.717) is 12.5 Å². The first-order valence-electron chi connectivity index (χ1n) is 8.13. The van der Waals surface area contributed by atoms with E-state index >= 15 is 0 Å². The molecule has 0 amide bonds. The minimum Gasteiger partial charge on any atom is -0.385 e. The minimum absolute atomic E-state index is 0. The van der Waals surface area contributed by atoms with Crippen LogP contribution in [0.1, 0.15) is 36.9 Å². The number of hydrogen-bond acceptors (Lipinski definition) is 5. The molecule has 0 radical (unpaired) electrons. The Labute approximate surface area is 167 Å². The molecule has 0 spiro atoms. The van der Waals surface area contributed by atoms with Gasteiger partial charge in [0.2, 0.25) is 0 Å². The highest BCUT2D eigenvalue weighted by Crippen LogP contribution is 2.18. The predicted octanol–water partition coefficient (Wildman–Crippen LogP) is 2.52. The third-order valence-electron chi connectivity index (χ3n) is 3.40. The fraction of sp³-hybridized carbons (Fsp3) is 0.750. The van der Waals surface area contributed by atoms with Crippen LogP contribution < -0.4 is 10.6 Å². The zero-order valence-corrected chi connectivity index (χ0v) is 18.6. The summed E-state index contributed by atoms with van der Waals surface area (Å²) < 4.78 is 5.07. The molecule has 0 aliphatic carbocycles. The minimum atomic E-state index is 0. The maximum atomic E-state index is 5.07. The van der Waals surface area contributed by atoms with Crippen molar-refractivity contribution in [3.05, 3.63) is 16.1 Å². The normalized spacial score (nSPS) is 11.7. The van der Waals surface area contributed by atoms with Crippen molar-refractivity contribution >= 4 is 41.3 Å². The number of thiazole rings is 1. The van der Waals surface area contributed by atoms with E-state index in [-0.39, 0.29) is 24.0 Å². The van der Waals surface area contributed by atoms with Gasteiger partial charge in [-0.05, 0) is 13.5 Å². The fourth-order valence-electron chi connectivity index (χ4n) is 2.02. The van der Waals surface area contributed by atoms with Crippen LogP contribution in [0, 0.1) is 0 Å². The van der Waals surface area contributed by atoms with Gasteiger partial charge in [0.25, 0.3) is 0 Å². The molecule has 0 unspecified atom stereocenters. The quantitative estimate of drug-likeness (QED) is 0.239. The van der Waals surface area contributed by atoms with Crippen molar-refractivity contribution in [3.8, 4) is 0 Å². The molecule has 0 bridgehead atoms. The molecule has 0 aromatic carbocycles. The summed E-state index contributed by atoms with van der Waals surface area (Å²) in [4.78, 5) is 11.2. The number of likely N-dealkylation sites (N-methyl/N-ethyl adjacent to an activating group) is 1. The fourth-order valence-corrected chi connectivity index (χ4v) is 2.85. The maximum absolute atomic E-state index is 5.07. The number of aliphatic imine (C=N–C) groups is 1. The first-order valence-corrected chi connectivity index (χ1v) is 9.01. The summed E-state index contributed by atoms with van der Waals surface area (Å²) in [5.41, 5.74) is 1.07. The van der Waals surface area contributed by atoms with E-state index in [9.17, 15) is 0 Å². The lowest BCUT2D eigenvalue weighted by Crippen LogP contribution is -2.40. The van der Waals surface area contributed by atoms with E-state index < -0.39 is 0 Å². The van der Waals surface area contributed by atoms with E-state index in [1.54, 1.807) is 25.5 Å². The van der Waals surface area contributed by atoms with Crippen LogP contribution in [0.3, 0.4) is 0 Å². The van der Waals surface area contributed by atoms with Gasteiger partial charge in [-0.3, -0.25) is 4.99 Å². The van der Waals surface area contributed by atoms with Crippen molar-refractivity contribution in [1.82, 2.24) is 20.5 Å². The van der Waals surface area contributed by atoms with Crippen molar-refractivity contribution < 1.29 is 4.74 Å². The topological polar surface area (TPSA) is 61.8 Å². The highest BCUT2D eigenvalue weighted by atomic mass is 127. The Hall–Kier alpha value is -0.450. The molecule has 0 fully saturated rings. The summed E-state index contributed by atoms with van der Waals surface area (Å²) in [7, 11) is 5.65. The van der Waals surface area contributed by atoms with Crippen LogP contribution in [-0.2, 0) is 11.3 Å². The van der Waals surface area contributed by atoms with Crippen LogP contribution in [0.15, 0.2) is 10.4 Å². The number of guanidine groups is 1. The Kier molecular flexibility index (Phi) is 13.5. The van der Waals surface area contributed by atoms with E-state index in [0.717, 1.165) is 44.3 Å². The third kappa shape index (κ3) is 9.75. The second kappa shape index (κ2) is 13.8. The summed E-state index contributed by atoms with van der Waals surface area (Å²) in [6.45, 7) is 8.72. The van der Waals surface area contributed by atoms with Crippen molar-refractivity contribution in [2.75, 3.05) is 47.4 Å². The zero-order chi connectivity index (χ0) is 17.1. The van der Waals surface area contributed by atoms with Crippen LogP contribution in [-0.4, -0.2) is 63.3 Å². The van der Waals surface area contributed by atoms with E-state index in [4.69, 9.17) is 4.74 Å². The molecular weight excluding hydrogens is 437 g/mol. The molecule has 1 heterocycles. The van der Waals surface area contributed by atoms with Crippen molar-refractivity contribution in [2.24, 2.45) is 4.99 Å². The van der Waals surface area contributed by atoms with Gasteiger partial charge in [0, 0.05) is 51.7 Å². The summed E-state index contributed by atoms with van der Waals surface area (Å²) in [6, 6.07) is 0. The SMILES string of the molecule is CN=C(NCCN(C)CCCOC)NCc1csc(C(C)C)n1.I. The molecular formula is C16H32IN5OS. The number of ether oxygens (including phenoxy) is 1. The number of halogens is 1. The maximum Gasteiger partial charge on any atom is 0.191 e. The number of nitrogens with one attached hydrogen (secondary N) is 2. The number of nitrogens with zero attached hydrogens (tertiary/aromatic N) is 3. The van der Waals surface area contributed by atoms with Crippen LogP contribution in [0.4, 0.5) is 0 Å². The van der Waals surface area contributed by atoms with Gasteiger partial charge in [0.05, 0.1) is 17.2 Å². The Morgan fingerprint density at radius 2 is 2.12 bits per heavy atom. The second-order valence-corrected chi connectivity index (χ2v) is 6.72. The van der Waals surface area contributed by atoms with E-state index in [2.05, 4.69) is 51.8 Å². The molecule has 0 saturated carbocycles. The number of methoxy groups -OCH3 is 1. The standard InChI is InChI=1S/C16H31N5OS.HI/c1-13(2)15-20-14(12-23-15)11-19-16(17-3)18-7-9-21(4)8-6-10-22-5;/h12-13H,6-11H2,1-5H3,(H2,17,18,19);1H. The molecule has 140 valence electrons. The smallest absolute Gasteiger partial charge is 0.191 e. The molecule has 8 heteroatoms. The van der Waals surface area contributed by atoms with E-state index in [1.165, 1.54) is 5.01 Å². The average Bonchev–Trinajstić information content (AvgIpc) is 3.00. The predicted molar refractivity (Wildman–Crippen MR) is 114 cm³/mol. The highest BCUT2D eigenvalue weighted by molar-refractivity contribution is 14.0. The second-order valence-electron chi connectivity index (χ2n) is 5.83. The molecule has 6 nitrogen and oxygen atoms in total. The van der Waals surface area contributed by atoms with Crippen LogP contribution >= 0.6 is 35.3 Å². The zero-order valence-electron chi connectivity index (χ0n) is 15.5. The summed E-state index contributed by atoms with van der Waals surface area (Å²) in [5, 5.41) is 9.93. The first kappa shape index (κ1) is 23.5. The van der Waals surface area contributed by atoms with Crippen molar-refractivity contribution in [1.29, 1.82) is 0 Å². The molecule has 24 heavy (non-hydrogen) atoms. The number of rotatable bonds is 10. The van der Waals surface area contributed by atoms with Crippen molar-refractivity contribution in [3.63, 3.8) is 0 Å². The first-order chi connectivity index (χ1) is 11.1. The molecule has 1 rings (SSSR count). The lowest BCUT2D eigenvalue weighted by molar-refractivity contribution is 0.180. The van der Waals surface area contributed by atoms with E-state index in [1.807, 2.05) is 0 Å². The van der Waals surface area contributed by atoms with Gasteiger partial charge in [-0.15, -0.1) is 35.3 Å². The van der Waals surface area contributed by atoms with Gasteiger partial charge in [0.15, 0.2) is 5.96 Å². The van der Waals surface area contributed by atoms with Gasteiger partial charge in [0.1, 0.15) is 0 Å². The molecule has 2 N–H and O–H groups in total. The molecule has 0 atom stereocenters. The Morgan fingerprint density at radius 1 is 1.38 bits per heavy atom. The summed E-state index contributed by atoms with van der Waals surface area (Å²) >= 11 is 1.72. The van der Waals surface area contributed by atoms with Crippen LogP contribution in [0.25, 0.3) is 0 Å².